The van der Waals surface area contributed by atoms with Crippen LogP contribution in [0.3, 0.4) is 0 Å². The van der Waals surface area contributed by atoms with E-state index >= 15 is 0 Å². The molecule has 1 aliphatic heterocycles. The first-order valence-electron chi connectivity index (χ1n) is 6.96. The Bertz CT molecular complexity index is 450. The Kier molecular flexibility index (Phi) is 5.09. The summed E-state index contributed by atoms with van der Waals surface area (Å²) in [6.45, 7) is 4.04. The summed E-state index contributed by atoms with van der Waals surface area (Å²) in [5.74, 6) is -0.0304. The maximum absolute atomic E-state index is 12.8. The van der Waals surface area contributed by atoms with Crippen molar-refractivity contribution in [2.24, 2.45) is 5.92 Å². The minimum atomic E-state index is -0.278. The van der Waals surface area contributed by atoms with Crippen molar-refractivity contribution in [3.8, 4) is 0 Å². The van der Waals surface area contributed by atoms with E-state index in [4.69, 9.17) is 5.11 Å². The van der Waals surface area contributed by atoms with Crippen LogP contribution in [0.2, 0.25) is 0 Å². The molecule has 1 aromatic rings. The summed E-state index contributed by atoms with van der Waals surface area (Å²) >= 11 is 0. The molecule has 2 atom stereocenters. The molecule has 0 saturated carbocycles. The van der Waals surface area contributed by atoms with Crippen molar-refractivity contribution in [2.75, 3.05) is 26.2 Å². The lowest BCUT2D eigenvalue weighted by Crippen LogP contribution is -2.37. The van der Waals surface area contributed by atoms with Crippen molar-refractivity contribution in [2.45, 2.75) is 19.4 Å². The van der Waals surface area contributed by atoms with Gasteiger partial charge in [0.05, 0.1) is 12.6 Å². The Morgan fingerprint density at radius 1 is 1.50 bits per heavy atom. The third kappa shape index (κ3) is 4.02. The summed E-state index contributed by atoms with van der Waals surface area (Å²) in [4.78, 5) is 14.0. The van der Waals surface area contributed by atoms with E-state index in [0.29, 0.717) is 6.54 Å². The van der Waals surface area contributed by atoms with Crippen LogP contribution in [-0.4, -0.2) is 42.2 Å². The first-order valence-corrected chi connectivity index (χ1v) is 6.96. The van der Waals surface area contributed by atoms with Gasteiger partial charge in [-0.15, -0.1) is 0 Å². The monoisotopic (exact) mass is 280 g/mol. The predicted octanol–water partition coefficient (Wildman–Crippen LogP) is 1.32. The van der Waals surface area contributed by atoms with E-state index in [9.17, 15) is 9.18 Å². The molecule has 0 aliphatic carbocycles. The molecular weight excluding hydrogens is 259 g/mol. The minimum absolute atomic E-state index is 0.0413. The van der Waals surface area contributed by atoms with Crippen molar-refractivity contribution >= 4 is 5.91 Å². The molecule has 2 unspecified atom stereocenters. The first-order chi connectivity index (χ1) is 9.58. The molecule has 2 rings (SSSR count). The van der Waals surface area contributed by atoms with E-state index in [1.165, 1.54) is 12.1 Å². The van der Waals surface area contributed by atoms with Gasteiger partial charge in [0.2, 0.25) is 5.91 Å². The van der Waals surface area contributed by atoms with Crippen molar-refractivity contribution in [1.82, 2.24) is 10.2 Å². The Balaban J connectivity index is 1.81. The number of aliphatic hydroxyl groups is 1. The average molecular weight is 280 g/mol. The lowest BCUT2D eigenvalue weighted by Gasteiger charge is -2.18. The number of nitrogens with zero attached hydrogens (tertiary/aromatic N) is 1. The molecule has 1 fully saturated rings. The number of benzene rings is 1. The van der Waals surface area contributed by atoms with E-state index in [0.717, 1.165) is 25.1 Å². The van der Waals surface area contributed by atoms with E-state index < -0.39 is 0 Å². The molecule has 0 radical (unpaired) electrons. The fourth-order valence-electron chi connectivity index (χ4n) is 2.53. The molecule has 1 amide bonds. The van der Waals surface area contributed by atoms with Gasteiger partial charge in [0.1, 0.15) is 5.82 Å². The number of carbonyl (C=O) groups excluding carboxylic acids is 1. The van der Waals surface area contributed by atoms with Crippen LogP contribution >= 0.6 is 0 Å². The van der Waals surface area contributed by atoms with E-state index in [-0.39, 0.29) is 30.3 Å². The summed E-state index contributed by atoms with van der Waals surface area (Å²) in [5.41, 5.74) is 0.884. The molecule has 4 nitrogen and oxygen atoms in total. The van der Waals surface area contributed by atoms with Crippen molar-refractivity contribution < 1.29 is 14.3 Å². The molecule has 0 aromatic heterocycles. The number of carbonyl (C=O) groups is 1. The maximum Gasteiger partial charge on any atom is 0.234 e. The molecule has 1 aliphatic rings. The predicted molar refractivity (Wildman–Crippen MR) is 74.6 cm³/mol. The Morgan fingerprint density at radius 3 is 2.80 bits per heavy atom. The van der Waals surface area contributed by atoms with Gasteiger partial charge in [-0.25, -0.2) is 4.39 Å². The van der Waals surface area contributed by atoms with Crippen LogP contribution < -0.4 is 5.32 Å². The molecule has 110 valence electrons. The normalized spacial score (nSPS) is 20.9. The SMILES string of the molecule is CC(NC(=O)CN1CCC(CO)C1)c1ccc(F)cc1. The van der Waals surface area contributed by atoms with Crippen molar-refractivity contribution in [1.29, 1.82) is 0 Å². The third-order valence-corrected chi connectivity index (χ3v) is 3.74. The van der Waals surface area contributed by atoms with Gasteiger partial charge in [0.15, 0.2) is 0 Å². The maximum atomic E-state index is 12.8. The second-order valence-electron chi connectivity index (χ2n) is 5.41. The number of hydrogen-bond donors (Lipinski definition) is 2. The first kappa shape index (κ1) is 14.9. The minimum Gasteiger partial charge on any atom is -0.396 e. The third-order valence-electron chi connectivity index (χ3n) is 3.74. The smallest absolute Gasteiger partial charge is 0.234 e. The Morgan fingerprint density at radius 2 is 2.20 bits per heavy atom. The molecular formula is C15H21FN2O2. The number of nitrogens with one attached hydrogen (secondary N) is 1. The second-order valence-corrected chi connectivity index (χ2v) is 5.41. The highest BCUT2D eigenvalue weighted by Gasteiger charge is 2.23. The highest BCUT2D eigenvalue weighted by Crippen LogP contribution is 2.16. The Labute approximate surface area is 118 Å². The van der Waals surface area contributed by atoms with Gasteiger partial charge < -0.3 is 10.4 Å². The summed E-state index contributed by atoms with van der Waals surface area (Å²) in [6, 6.07) is 6.00. The number of rotatable bonds is 5. The Hall–Kier alpha value is -1.46. The molecule has 0 spiro atoms. The highest BCUT2D eigenvalue weighted by molar-refractivity contribution is 5.78. The zero-order valence-corrected chi connectivity index (χ0v) is 11.7. The molecule has 20 heavy (non-hydrogen) atoms. The van der Waals surface area contributed by atoms with Crippen molar-refractivity contribution in [3.63, 3.8) is 0 Å². The second kappa shape index (κ2) is 6.81. The quantitative estimate of drug-likeness (QED) is 0.855. The summed E-state index contributed by atoms with van der Waals surface area (Å²) in [7, 11) is 0. The van der Waals surface area contributed by atoms with Gasteiger partial charge in [-0.3, -0.25) is 9.69 Å². The lowest BCUT2D eigenvalue weighted by molar-refractivity contribution is -0.122. The van der Waals surface area contributed by atoms with Gasteiger partial charge in [-0.1, -0.05) is 12.1 Å². The molecule has 2 N–H and O–H groups in total. The fourth-order valence-corrected chi connectivity index (χ4v) is 2.53. The number of hydrogen-bond acceptors (Lipinski definition) is 3. The van der Waals surface area contributed by atoms with Gasteiger partial charge in [0, 0.05) is 13.2 Å². The van der Waals surface area contributed by atoms with Crippen LogP contribution in [0.15, 0.2) is 24.3 Å². The van der Waals surface area contributed by atoms with Crippen LogP contribution in [0.1, 0.15) is 24.9 Å². The number of aliphatic hydroxyl groups excluding tert-OH is 1. The number of likely N-dealkylation sites (tertiary alicyclic amines) is 1. The largest absolute Gasteiger partial charge is 0.396 e. The van der Waals surface area contributed by atoms with Crippen LogP contribution in [-0.2, 0) is 4.79 Å². The molecule has 0 bridgehead atoms. The summed E-state index contributed by atoms with van der Waals surface area (Å²) in [6.07, 6.45) is 0.942. The zero-order chi connectivity index (χ0) is 14.5. The molecule has 1 saturated heterocycles. The van der Waals surface area contributed by atoms with E-state index in [1.54, 1.807) is 12.1 Å². The van der Waals surface area contributed by atoms with E-state index in [1.807, 2.05) is 11.8 Å². The number of halogens is 1. The topological polar surface area (TPSA) is 52.6 Å². The van der Waals surface area contributed by atoms with Gasteiger partial charge in [-0.05, 0) is 43.5 Å². The van der Waals surface area contributed by atoms with Crippen LogP contribution in [0, 0.1) is 11.7 Å². The standard InChI is InChI=1S/C15H21FN2O2/c1-11(13-2-4-14(16)5-3-13)17-15(20)9-18-7-6-12(8-18)10-19/h2-5,11-12,19H,6-10H2,1H3,(H,17,20). The molecule has 5 heteroatoms. The summed E-state index contributed by atoms with van der Waals surface area (Å²) < 4.78 is 12.8. The average Bonchev–Trinajstić information content (AvgIpc) is 2.86. The molecule has 1 aromatic carbocycles. The van der Waals surface area contributed by atoms with Gasteiger partial charge in [0.25, 0.3) is 0 Å². The number of amides is 1. The lowest BCUT2D eigenvalue weighted by atomic mass is 10.1. The fraction of sp³-hybridized carbons (Fsp3) is 0.533. The van der Waals surface area contributed by atoms with E-state index in [2.05, 4.69) is 5.32 Å². The van der Waals surface area contributed by atoms with Gasteiger partial charge >= 0.3 is 0 Å². The van der Waals surface area contributed by atoms with Crippen molar-refractivity contribution in [3.05, 3.63) is 35.6 Å². The van der Waals surface area contributed by atoms with Gasteiger partial charge in [-0.2, -0.15) is 0 Å². The molecule has 1 heterocycles. The summed E-state index contributed by atoms with van der Waals surface area (Å²) in [5, 5.41) is 12.0. The van der Waals surface area contributed by atoms with Crippen LogP contribution in [0.5, 0.6) is 0 Å². The van der Waals surface area contributed by atoms with Crippen LogP contribution in [0.4, 0.5) is 4.39 Å². The zero-order valence-electron chi connectivity index (χ0n) is 11.7. The van der Waals surface area contributed by atoms with Crippen LogP contribution in [0.25, 0.3) is 0 Å². The highest BCUT2D eigenvalue weighted by atomic mass is 19.1.